The second kappa shape index (κ2) is 11.6. The van der Waals surface area contributed by atoms with Crippen molar-refractivity contribution in [1.82, 2.24) is 5.32 Å². The zero-order chi connectivity index (χ0) is 25.4. The third-order valence-corrected chi connectivity index (χ3v) is 5.92. The topological polar surface area (TPSA) is 72.5 Å². The van der Waals surface area contributed by atoms with Crippen molar-refractivity contribution < 1.29 is 19.1 Å². The molecule has 0 saturated carbocycles. The van der Waals surface area contributed by atoms with Crippen molar-refractivity contribution in [3.8, 4) is 0 Å². The van der Waals surface area contributed by atoms with E-state index in [2.05, 4.69) is 26.1 Å². The third-order valence-electron chi connectivity index (χ3n) is 5.92. The molecule has 5 heteroatoms. The maximum Gasteiger partial charge on any atom is 0.329 e. The van der Waals surface area contributed by atoms with Gasteiger partial charge in [0.25, 0.3) is 5.91 Å². The second-order valence-electron chi connectivity index (χ2n) is 9.62. The normalized spacial score (nSPS) is 12.0. The number of ketones is 1. The van der Waals surface area contributed by atoms with Gasteiger partial charge in [-0.3, -0.25) is 9.59 Å². The lowest BCUT2D eigenvalue weighted by Crippen LogP contribution is -2.43. The molecule has 0 aliphatic carbocycles. The highest BCUT2D eigenvalue weighted by Gasteiger charge is 2.25. The Kier molecular flexibility index (Phi) is 8.58. The Bertz CT molecular complexity index is 1140. The Morgan fingerprint density at radius 3 is 1.97 bits per heavy atom. The summed E-state index contributed by atoms with van der Waals surface area (Å²) in [5, 5.41) is 2.79. The summed E-state index contributed by atoms with van der Waals surface area (Å²) in [5.41, 5.74) is 4.02. The monoisotopic (exact) mass is 471 g/mol. The van der Waals surface area contributed by atoms with E-state index in [0.29, 0.717) is 11.1 Å². The van der Waals surface area contributed by atoms with Crippen LogP contribution in [0.2, 0.25) is 0 Å². The minimum atomic E-state index is -0.928. The number of carbonyl (C=O) groups excluding carboxylic acids is 3. The maximum absolute atomic E-state index is 12.9. The third kappa shape index (κ3) is 7.38. The van der Waals surface area contributed by atoms with E-state index < -0.39 is 12.0 Å². The first-order valence-electron chi connectivity index (χ1n) is 11.9. The first kappa shape index (κ1) is 25.9. The number of benzene rings is 3. The van der Waals surface area contributed by atoms with Crippen LogP contribution in [0, 0.1) is 0 Å². The molecule has 5 nitrogen and oxygen atoms in total. The first-order valence-corrected chi connectivity index (χ1v) is 11.9. The summed E-state index contributed by atoms with van der Waals surface area (Å²) >= 11 is 0. The molecule has 0 bridgehead atoms. The summed E-state index contributed by atoms with van der Waals surface area (Å²) < 4.78 is 5.35. The molecule has 0 fully saturated rings. The number of nitrogens with one attached hydrogen (secondary N) is 1. The summed E-state index contributed by atoms with van der Waals surface area (Å²) in [7, 11) is 0. The molecule has 0 radical (unpaired) electrons. The summed E-state index contributed by atoms with van der Waals surface area (Å²) in [6.07, 6.45) is 1.13. The molecule has 1 amide bonds. The summed E-state index contributed by atoms with van der Waals surface area (Å²) in [6.45, 7) is 7.97. The van der Waals surface area contributed by atoms with Gasteiger partial charge in [-0.1, -0.05) is 94.4 Å². The van der Waals surface area contributed by atoms with Crippen LogP contribution in [-0.2, 0) is 27.8 Å². The van der Waals surface area contributed by atoms with Gasteiger partial charge in [-0.05, 0) is 40.7 Å². The van der Waals surface area contributed by atoms with Gasteiger partial charge in [-0.15, -0.1) is 0 Å². The van der Waals surface area contributed by atoms with E-state index >= 15 is 0 Å². The molecule has 0 aromatic heterocycles. The molecule has 1 N–H and O–H groups in total. The Morgan fingerprint density at radius 2 is 1.40 bits per heavy atom. The highest BCUT2D eigenvalue weighted by Crippen LogP contribution is 2.22. The van der Waals surface area contributed by atoms with E-state index in [1.54, 1.807) is 24.3 Å². The van der Waals surface area contributed by atoms with Crippen LogP contribution in [0.3, 0.4) is 0 Å². The zero-order valence-electron chi connectivity index (χ0n) is 20.8. The molecule has 0 aliphatic rings. The number of rotatable bonds is 9. The molecule has 0 unspecified atom stereocenters. The van der Waals surface area contributed by atoms with Gasteiger partial charge < -0.3 is 10.1 Å². The van der Waals surface area contributed by atoms with Gasteiger partial charge in [0.15, 0.2) is 12.4 Å². The van der Waals surface area contributed by atoms with Gasteiger partial charge in [-0.25, -0.2) is 4.79 Å². The fraction of sp³-hybridized carbons (Fsp3) is 0.300. The molecule has 35 heavy (non-hydrogen) atoms. The van der Waals surface area contributed by atoms with Crippen LogP contribution in [0.25, 0.3) is 0 Å². The van der Waals surface area contributed by atoms with Gasteiger partial charge in [0.2, 0.25) is 0 Å². The molecule has 0 spiro atoms. The van der Waals surface area contributed by atoms with Crippen LogP contribution < -0.4 is 5.32 Å². The second-order valence-corrected chi connectivity index (χ2v) is 9.62. The van der Waals surface area contributed by atoms with Gasteiger partial charge >= 0.3 is 5.97 Å². The number of Topliss-reactive ketones (excluding diaryl/α,β-unsaturated/α-hetero) is 1. The fourth-order valence-electron chi connectivity index (χ4n) is 3.65. The van der Waals surface area contributed by atoms with Crippen LogP contribution in [-0.4, -0.2) is 30.3 Å². The highest BCUT2D eigenvalue weighted by atomic mass is 16.5. The highest BCUT2D eigenvalue weighted by molar-refractivity contribution is 5.99. The largest absolute Gasteiger partial charge is 0.456 e. The van der Waals surface area contributed by atoms with Gasteiger partial charge in [0, 0.05) is 17.5 Å². The van der Waals surface area contributed by atoms with Crippen molar-refractivity contribution >= 4 is 17.7 Å². The van der Waals surface area contributed by atoms with E-state index in [-0.39, 0.29) is 30.1 Å². The van der Waals surface area contributed by atoms with E-state index in [0.717, 1.165) is 23.1 Å². The number of amides is 1. The SMILES string of the molecule is CCc1ccc(C(=O)COC(=O)[C@@H](Cc2ccccc2)NC(=O)c2ccc(C(C)(C)C)cc2)cc1. The molecule has 1 atom stereocenters. The molecule has 3 aromatic rings. The molecule has 3 rings (SSSR count). The number of ether oxygens (including phenoxy) is 1. The fourth-order valence-corrected chi connectivity index (χ4v) is 3.65. The van der Waals surface area contributed by atoms with Crippen molar-refractivity contribution in [1.29, 1.82) is 0 Å². The molecule has 0 aliphatic heterocycles. The lowest BCUT2D eigenvalue weighted by atomic mass is 9.86. The van der Waals surface area contributed by atoms with E-state index in [1.165, 1.54) is 0 Å². The lowest BCUT2D eigenvalue weighted by Gasteiger charge is -2.20. The summed E-state index contributed by atoms with van der Waals surface area (Å²) in [4.78, 5) is 38.4. The number of hydrogen-bond donors (Lipinski definition) is 1. The molecular weight excluding hydrogens is 438 g/mol. The number of hydrogen-bond acceptors (Lipinski definition) is 4. The molecular formula is C30H33NO4. The van der Waals surface area contributed by atoms with Crippen molar-refractivity contribution in [2.24, 2.45) is 0 Å². The number of esters is 1. The Morgan fingerprint density at radius 1 is 0.800 bits per heavy atom. The Hall–Kier alpha value is -3.73. The first-order chi connectivity index (χ1) is 16.7. The smallest absolute Gasteiger partial charge is 0.329 e. The van der Waals surface area contributed by atoms with Crippen molar-refractivity contribution in [2.45, 2.75) is 52.0 Å². The van der Waals surface area contributed by atoms with Crippen molar-refractivity contribution in [3.63, 3.8) is 0 Å². The average Bonchev–Trinajstić information content (AvgIpc) is 2.86. The van der Waals surface area contributed by atoms with Crippen LogP contribution in [0.1, 0.15) is 65.1 Å². The standard InChI is InChI=1S/C30H33NO4/c1-5-21-11-13-23(14-12-21)27(32)20-35-29(34)26(19-22-9-7-6-8-10-22)31-28(33)24-15-17-25(18-16-24)30(2,3)4/h6-18,26H,5,19-20H2,1-4H3,(H,31,33)/t26-/m1/s1. The predicted octanol–water partition coefficient (Wildman–Crippen LogP) is 5.31. The van der Waals surface area contributed by atoms with E-state index in [4.69, 9.17) is 4.74 Å². The molecule has 0 saturated heterocycles. The number of aryl methyl sites for hydroxylation is 1. The summed E-state index contributed by atoms with van der Waals surface area (Å²) in [5.74, 6) is -1.31. The van der Waals surface area contributed by atoms with Gasteiger partial charge in [0.1, 0.15) is 6.04 Å². The minimum Gasteiger partial charge on any atom is -0.456 e. The van der Waals surface area contributed by atoms with Gasteiger partial charge in [0.05, 0.1) is 0 Å². The van der Waals surface area contributed by atoms with E-state index in [9.17, 15) is 14.4 Å². The zero-order valence-corrected chi connectivity index (χ0v) is 20.8. The molecule has 182 valence electrons. The molecule has 0 heterocycles. The number of carbonyl (C=O) groups is 3. The summed E-state index contributed by atoms with van der Waals surface area (Å²) in [6, 6.07) is 23.0. The van der Waals surface area contributed by atoms with Gasteiger partial charge in [-0.2, -0.15) is 0 Å². The van der Waals surface area contributed by atoms with Crippen LogP contribution in [0.15, 0.2) is 78.9 Å². The lowest BCUT2D eigenvalue weighted by molar-refractivity contribution is -0.144. The van der Waals surface area contributed by atoms with Crippen LogP contribution >= 0.6 is 0 Å². The van der Waals surface area contributed by atoms with Crippen molar-refractivity contribution in [2.75, 3.05) is 6.61 Å². The maximum atomic E-state index is 12.9. The average molecular weight is 472 g/mol. The molecule has 3 aromatic carbocycles. The predicted molar refractivity (Wildman–Crippen MR) is 138 cm³/mol. The van der Waals surface area contributed by atoms with Crippen molar-refractivity contribution in [3.05, 3.63) is 107 Å². The van der Waals surface area contributed by atoms with Crippen LogP contribution in [0.5, 0.6) is 0 Å². The Balaban J connectivity index is 1.70. The Labute approximate surface area is 207 Å². The van der Waals surface area contributed by atoms with E-state index in [1.807, 2.05) is 61.5 Å². The minimum absolute atomic E-state index is 0.0297. The quantitative estimate of drug-likeness (QED) is 0.339. The van der Waals surface area contributed by atoms with Crippen LogP contribution in [0.4, 0.5) is 0 Å².